The highest BCUT2D eigenvalue weighted by atomic mass is 35.5. The molecular weight excluding hydrogens is 460 g/mol. The third-order valence-electron chi connectivity index (χ3n) is 5.21. The summed E-state index contributed by atoms with van der Waals surface area (Å²) in [6, 6.07) is 12.5. The number of nitrogens with zero attached hydrogens (tertiary/aromatic N) is 4. The van der Waals surface area contributed by atoms with E-state index in [2.05, 4.69) is 49.4 Å². The number of hydrogen-bond donors (Lipinski definition) is 0. The number of fused-ring (bicyclic) bond motifs is 1. The van der Waals surface area contributed by atoms with Crippen molar-refractivity contribution in [3.63, 3.8) is 0 Å². The molecule has 0 N–H and O–H groups in total. The number of rotatable bonds is 8. The van der Waals surface area contributed by atoms with Gasteiger partial charge in [0.05, 0.1) is 23.0 Å². The summed E-state index contributed by atoms with van der Waals surface area (Å²) in [5, 5.41) is 0.778. The van der Waals surface area contributed by atoms with Crippen LogP contribution in [-0.4, -0.2) is 33.2 Å². The molecule has 0 aliphatic rings. The minimum atomic E-state index is 0. The second kappa shape index (κ2) is 11.0. The molecule has 0 bridgehead atoms. The molecule has 2 aromatic heterocycles. The lowest BCUT2D eigenvalue weighted by molar-refractivity contribution is -0.118. The van der Waals surface area contributed by atoms with E-state index in [0.29, 0.717) is 13.0 Å². The summed E-state index contributed by atoms with van der Waals surface area (Å²) in [5.74, 6) is 0.0796. The van der Waals surface area contributed by atoms with Gasteiger partial charge in [0.15, 0.2) is 5.13 Å². The van der Waals surface area contributed by atoms with Crippen LogP contribution in [0.1, 0.15) is 23.1 Å². The van der Waals surface area contributed by atoms with E-state index in [-0.39, 0.29) is 18.3 Å². The van der Waals surface area contributed by atoms with E-state index in [1.165, 1.54) is 16.0 Å². The van der Waals surface area contributed by atoms with Gasteiger partial charge in [-0.15, -0.1) is 24.2 Å². The molecule has 1 amide bonds. The molecule has 0 aliphatic carbocycles. The Labute approximate surface area is 203 Å². The molecule has 0 unspecified atom stereocenters. The van der Waals surface area contributed by atoms with Crippen LogP contribution in [0, 0.1) is 13.8 Å². The number of anilines is 1. The van der Waals surface area contributed by atoms with Gasteiger partial charge in [-0.05, 0) is 61.4 Å². The Balaban J connectivity index is 0.00000289. The lowest BCUT2D eigenvalue weighted by atomic mass is 10.1. The van der Waals surface area contributed by atoms with Crippen molar-refractivity contribution in [2.75, 3.05) is 17.7 Å². The van der Waals surface area contributed by atoms with E-state index < -0.39 is 0 Å². The Kier molecular flexibility index (Phi) is 8.34. The van der Waals surface area contributed by atoms with E-state index in [1.807, 2.05) is 34.1 Å². The highest BCUT2D eigenvalue weighted by Gasteiger charge is 2.20. The molecule has 4 aromatic rings. The van der Waals surface area contributed by atoms with Crippen LogP contribution in [0.25, 0.3) is 10.2 Å². The van der Waals surface area contributed by atoms with Crippen LogP contribution in [-0.2, 0) is 17.8 Å². The number of aromatic nitrogens is 3. The Bertz CT molecular complexity index is 1170. The third-order valence-corrected chi connectivity index (χ3v) is 7.19. The number of carbonyl (C=O) groups excluding carboxylic acids is 1. The molecule has 0 fully saturated rings. The monoisotopic (exact) mass is 486 g/mol. The molecule has 5 nitrogen and oxygen atoms in total. The molecule has 4 rings (SSSR count). The highest BCUT2D eigenvalue weighted by molar-refractivity contribution is 7.98. The number of hydrogen-bond acceptors (Lipinski definition) is 5. The number of aryl methyl sites for hydroxylation is 3. The first-order valence-electron chi connectivity index (χ1n) is 10.3. The molecule has 0 atom stereocenters. The molecule has 2 aromatic carbocycles. The molecule has 0 aliphatic heterocycles. The van der Waals surface area contributed by atoms with Gasteiger partial charge in [-0.2, -0.15) is 0 Å². The number of thiazole rings is 1. The first kappa shape index (κ1) is 24.3. The largest absolute Gasteiger partial charge is 0.337 e. The van der Waals surface area contributed by atoms with Crippen molar-refractivity contribution in [3.8, 4) is 0 Å². The molecule has 2 heterocycles. The average molecular weight is 487 g/mol. The van der Waals surface area contributed by atoms with Crippen molar-refractivity contribution >= 4 is 56.8 Å². The van der Waals surface area contributed by atoms with Crippen LogP contribution in [0.4, 0.5) is 5.13 Å². The van der Waals surface area contributed by atoms with Crippen LogP contribution in [0.5, 0.6) is 0 Å². The minimum absolute atomic E-state index is 0. The van der Waals surface area contributed by atoms with Gasteiger partial charge in [0, 0.05) is 30.4 Å². The standard InChI is InChI=1S/C24H26N4OS2.ClH/c1-17-13-18(2)23-21(14-17)26-24(31-23)28(11-4-10-27-12-9-25-16-27)22(29)15-19-5-7-20(30-3)8-6-19;/h5-9,12-14,16H,4,10-11,15H2,1-3H3;1H. The normalized spacial score (nSPS) is 10.8. The molecular formula is C24H27ClN4OS2. The van der Waals surface area contributed by atoms with Crippen LogP contribution in [0.2, 0.25) is 0 Å². The zero-order valence-electron chi connectivity index (χ0n) is 18.4. The topological polar surface area (TPSA) is 51.0 Å². The second-order valence-electron chi connectivity index (χ2n) is 7.65. The van der Waals surface area contributed by atoms with Crippen LogP contribution in [0.15, 0.2) is 60.0 Å². The van der Waals surface area contributed by atoms with Crippen molar-refractivity contribution in [2.24, 2.45) is 0 Å². The van der Waals surface area contributed by atoms with E-state index in [9.17, 15) is 4.79 Å². The van der Waals surface area contributed by atoms with Crippen LogP contribution < -0.4 is 4.90 Å². The van der Waals surface area contributed by atoms with Gasteiger partial charge in [-0.25, -0.2) is 9.97 Å². The lowest BCUT2D eigenvalue weighted by Gasteiger charge is -2.20. The van der Waals surface area contributed by atoms with Gasteiger partial charge in [-0.3, -0.25) is 9.69 Å². The summed E-state index contributed by atoms with van der Waals surface area (Å²) in [7, 11) is 0. The predicted octanol–water partition coefficient (Wildman–Crippen LogP) is 5.92. The first-order chi connectivity index (χ1) is 15.0. The molecule has 0 saturated heterocycles. The van der Waals surface area contributed by atoms with Gasteiger partial charge in [-0.1, -0.05) is 29.5 Å². The maximum absolute atomic E-state index is 13.4. The molecule has 168 valence electrons. The number of carbonyl (C=O) groups is 1. The van der Waals surface area contributed by atoms with E-state index in [1.54, 1.807) is 29.3 Å². The summed E-state index contributed by atoms with van der Waals surface area (Å²) in [6.45, 7) is 5.63. The SMILES string of the molecule is CSc1ccc(CC(=O)N(CCCn2ccnc2)c2nc3cc(C)cc(C)c3s2)cc1.Cl. The van der Waals surface area contributed by atoms with E-state index >= 15 is 0 Å². The summed E-state index contributed by atoms with van der Waals surface area (Å²) < 4.78 is 3.19. The minimum Gasteiger partial charge on any atom is -0.337 e. The van der Waals surface area contributed by atoms with Crippen molar-refractivity contribution in [1.82, 2.24) is 14.5 Å². The van der Waals surface area contributed by atoms with Gasteiger partial charge in [0.2, 0.25) is 5.91 Å². The van der Waals surface area contributed by atoms with E-state index in [4.69, 9.17) is 4.98 Å². The maximum Gasteiger partial charge on any atom is 0.233 e. The van der Waals surface area contributed by atoms with Crippen molar-refractivity contribution in [1.29, 1.82) is 0 Å². The quantitative estimate of drug-likeness (QED) is 0.290. The Morgan fingerprint density at radius 1 is 1.19 bits per heavy atom. The van der Waals surface area contributed by atoms with Crippen LogP contribution in [0.3, 0.4) is 0 Å². The van der Waals surface area contributed by atoms with Crippen molar-refractivity contribution in [3.05, 3.63) is 71.8 Å². The van der Waals surface area contributed by atoms with Gasteiger partial charge < -0.3 is 4.57 Å². The maximum atomic E-state index is 13.4. The highest BCUT2D eigenvalue weighted by Crippen LogP contribution is 2.32. The molecule has 0 saturated carbocycles. The average Bonchev–Trinajstić information content (AvgIpc) is 3.41. The summed E-state index contributed by atoms with van der Waals surface area (Å²) in [4.78, 5) is 25.4. The number of benzene rings is 2. The number of amides is 1. The molecule has 0 spiro atoms. The second-order valence-corrected chi connectivity index (χ2v) is 9.51. The number of thioether (sulfide) groups is 1. The first-order valence-corrected chi connectivity index (χ1v) is 12.3. The molecule has 8 heteroatoms. The Hall–Kier alpha value is -2.35. The fraction of sp³-hybridized carbons (Fsp3) is 0.292. The summed E-state index contributed by atoms with van der Waals surface area (Å²) >= 11 is 3.31. The number of halogens is 1. The van der Waals surface area contributed by atoms with Crippen LogP contribution >= 0.6 is 35.5 Å². The van der Waals surface area contributed by atoms with E-state index in [0.717, 1.165) is 33.9 Å². The lowest BCUT2D eigenvalue weighted by Crippen LogP contribution is -2.33. The number of imidazole rings is 1. The fourth-order valence-electron chi connectivity index (χ4n) is 3.65. The Morgan fingerprint density at radius 2 is 1.97 bits per heavy atom. The zero-order chi connectivity index (χ0) is 21.8. The third kappa shape index (κ3) is 5.71. The predicted molar refractivity (Wildman–Crippen MR) is 137 cm³/mol. The zero-order valence-corrected chi connectivity index (χ0v) is 20.9. The van der Waals surface area contributed by atoms with Crippen molar-refractivity contribution < 1.29 is 4.79 Å². The Morgan fingerprint density at radius 3 is 2.66 bits per heavy atom. The fourth-order valence-corrected chi connectivity index (χ4v) is 5.12. The van der Waals surface area contributed by atoms with Gasteiger partial charge in [0.25, 0.3) is 0 Å². The molecule has 0 radical (unpaired) electrons. The van der Waals surface area contributed by atoms with Crippen molar-refractivity contribution in [2.45, 2.75) is 38.1 Å². The summed E-state index contributed by atoms with van der Waals surface area (Å²) in [6.07, 6.45) is 8.79. The smallest absolute Gasteiger partial charge is 0.233 e. The van der Waals surface area contributed by atoms with Gasteiger partial charge >= 0.3 is 0 Å². The molecule has 32 heavy (non-hydrogen) atoms. The van der Waals surface area contributed by atoms with Gasteiger partial charge in [0.1, 0.15) is 0 Å². The summed E-state index contributed by atoms with van der Waals surface area (Å²) in [5.41, 5.74) is 4.38.